The first-order chi connectivity index (χ1) is 7.63. The van der Waals surface area contributed by atoms with Crippen LogP contribution in [0.5, 0.6) is 5.75 Å². The number of rotatable bonds is 2. The van der Waals surface area contributed by atoms with Crippen molar-refractivity contribution in [2.24, 2.45) is 0 Å². The van der Waals surface area contributed by atoms with Gasteiger partial charge in [-0.3, -0.25) is 9.67 Å². The van der Waals surface area contributed by atoms with Crippen molar-refractivity contribution in [3.05, 3.63) is 34.4 Å². The summed E-state index contributed by atoms with van der Waals surface area (Å²) in [5, 5.41) is 6.87. The SMILES string of the molecule is COc1ccc(-n2c(C)n[nH]c2=S)c(C)c1. The van der Waals surface area contributed by atoms with Crippen LogP contribution in [0.4, 0.5) is 0 Å². The molecule has 2 rings (SSSR count). The van der Waals surface area contributed by atoms with E-state index in [2.05, 4.69) is 10.2 Å². The number of aryl methyl sites for hydroxylation is 2. The van der Waals surface area contributed by atoms with E-state index >= 15 is 0 Å². The fourth-order valence-electron chi connectivity index (χ4n) is 1.67. The Morgan fingerprint density at radius 3 is 2.62 bits per heavy atom. The zero-order valence-corrected chi connectivity index (χ0v) is 10.3. The summed E-state index contributed by atoms with van der Waals surface area (Å²) in [4.78, 5) is 0. The minimum Gasteiger partial charge on any atom is -0.497 e. The molecule has 0 saturated heterocycles. The molecule has 0 bridgehead atoms. The van der Waals surface area contributed by atoms with Crippen molar-refractivity contribution in [3.63, 3.8) is 0 Å². The fourth-order valence-corrected chi connectivity index (χ4v) is 1.94. The number of ether oxygens (including phenoxy) is 1. The van der Waals surface area contributed by atoms with Gasteiger partial charge in [-0.15, -0.1) is 0 Å². The molecule has 5 heteroatoms. The highest BCUT2D eigenvalue weighted by Gasteiger charge is 2.07. The Morgan fingerprint density at radius 2 is 2.12 bits per heavy atom. The van der Waals surface area contributed by atoms with E-state index < -0.39 is 0 Å². The first-order valence-corrected chi connectivity index (χ1v) is 5.33. The predicted molar refractivity (Wildman–Crippen MR) is 64.8 cm³/mol. The molecule has 0 spiro atoms. The van der Waals surface area contributed by atoms with Crippen LogP contribution in [0.2, 0.25) is 0 Å². The number of nitrogens with zero attached hydrogens (tertiary/aromatic N) is 2. The van der Waals surface area contributed by atoms with Crippen molar-refractivity contribution in [2.75, 3.05) is 7.11 Å². The summed E-state index contributed by atoms with van der Waals surface area (Å²) >= 11 is 5.19. The molecular weight excluding hydrogens is 222 g/mol. The van der Waals surface area contributed by atoms with Gasteiger partial charge in [0, 0.05) is 0 Å². The maximum Gasteiger partial charge on any atom is 0.199 e. The predicted octanol–water partition coefficient (Wildman–Crippen LogP) is 2.56. The van der Waals surface area contributed by atoms with E-state index in [0.717, 1.165) is 22.8 Å². The Hall–Kier alpha value is -1.62. The van der Waals surface area contributed by atoms with E-state index in [1.807, 2.05) is 36.6 Å². The largest absolute Gasteiger partial charge is 0.497 e. The molecule has 1 N–H and O–H groups in total. The third-order valence-electron chi connectivity index (χ3n) is 2.48. The Kier molecular flexibility index (Phi) is 2.78. The van der Waals surface area contributed by atoms with E-state index in [1.165, 1.54) is 0 Å². The van der Waals surface area contributed by atoms with Gasteiger partial charge in [-0.25, -0.2) is 0 Å². The number of hydrogen-bond donors (Lipinski definition) is 1. The van der Waals surface area contributed by atoms with Gasteiger partial charge in [0.1, 0.15) is 11.6 Å². The van der Waals surface area contributed by atoms with Crippen molar-refractivity contribution in [1.82, 2.24) is 14.8 Å². The van der Waals surface area contributed by atoms with Crippen LogP contribution in [0.1, 0.15) is 11.4 Å². The van der Waals surface area contributed by atoms with Crippen LogP contribution in [-0.2, 0) is 0 Å². The number of H-pyrrole nitrogens is 1. The van der Waals surface area contributed by atoms with E-state index in [4.69, 9.17) is 17.0 Å². The monoisotopic (exact) mass is 235 g/mol. The molecule has 0 aliphatic carbocycles. The van der Waals surface area contributed by atoms with E-state index in [1.54, 1.807) is 7.11 Å². The van der Waals surface area contributed by atoms with Crippen molar-refractivity contribution < 1.29 is 4.74 Å². The van der Waals surface area contributed by atoms with Gasteiger partial charge < -0.3 is 4.74 Å². The van der Waals surface area contributed by atoms with Gasteiger partial charge in [0.15, 0.2) is 4.77 Å². The number of nitrogens with one attached hydrogen (secondary N) is 1. The lowest BCUT2D eigenvalue weighted by Gasteiger charge is -2.09. The molecule has 0 amide bonds. The third-order valence-corrected chi connectivity index (χ3v) is 2.76. The molecular formula is C11H13N3OS. The van der Waals surface area contributed by atoms with Crippen LogP contribution in [0.15, 0.2) is 18.2 Å². The molecule has 4 nitrogen and oxygen atoms in total. The van der Waals surface area contributed by atoms with Gasteiger partial charge in [-0.05, 0) is 49.8 Å². The van der Waals surface area contributed by atoms with Gasteiger partial charge in [-0.2, -0.15) is 5.10 Å². The second kappa shape index (κ2) is 4.09. The van der Waals surface area contributed by atoms with E-state index in [9.17, 15) is 0 Å². The maximum absolute atomic E-state index is 5.19. The summed E-state index contributed by atoms with van der Waals surface area (Å²) in [6.07, 6.45) is 0. The lowest BCUT2D eigenvalue weighted by Crippen LogP contribution is -2.00. The molecule has 1 aromatic heterocycles. The molecule has 0 saturated carbocycles. The highest BCUT2D eigenvalue weighted by Crippen LogP contribution is 2.21. The molecule has 0 unspecified atom stereocenters. The minimum absolute atomic E-state index is 0.603. The molecule has 16 heavy (non-hydrogen) atoms. The lowest BCUT2D eigenvalue weighted by atomic mass is 10.2. The quantitative estimate of drug-likeness (QED) is 0.813. The molecule has 1 heterocycles. The summed E-state index contributed by atoms with van der Waals surface area (Å²) in [5.41, 5.74) is 2.12. The molecule has 0 fully saturated rings. The molecule has 0 atom stereocenters. The number of aromatic nitrogens is 3. The maximum atomic E-state index is 5.19. The van der Waals surface area contributed by atoms with Crippen LogP contribution < -0.4 is 4.74 Å². The minimum atomic E-state index is 0.603. The van der Waals surface area contributed by atoms with Crippen molar-refractivity contribution in [1.29, 1.82) is 0 Å². The third kappa shape index (κ3) is 1.74. The standard InChI is InChI=1S/C11H13N3OS/c1-7-6-9(15-3)4-5-10(7)14-8(2)12-13-11(14)16/h4-6H,1-3H3,(H,13,16). The lowest BCUT2D eigenvalue weighted by molar-refractivity contribution is 0.414. The number of benzene rings is 1. The Morgan fingerprint density at radius 1 is 1.38 bits per heavy atom. The van der Waals surface area contributed by atoms with Gasteiger partial charge in [0.25, 0.3) is 0 Å². The summed E-state index contributed by atoms with van der Waals surface area (Å²) < 4.78 is 7.68. The zero-order valence-electron chi connectivity index (χ0n) is 9.44. The Balaban J connectivity index is 2.61. The summed E-state index contributed by atoms with van der Waals surface area (Å²) in [6.45, 7) is 3.93. The highest BCUT2D eigenvalue weighted by atomic mass is 32.1. The second-order valence-corrected chi connectivity index (χ2v) is 3.95. The molecule has 84 valence electrons. The molecule has 0 aliphatic rings. The van der Waals surface area contributed by atoms with Crippen LogP contribution >= 0.6 is 12.2 Å². The molecule has 0 radical (unpaired) electrons. The fraction of sp³-hybridized carbons (Fsp3) is 0.273. The van der Waals surface area contributed by atoms with Gasteiger partial charge in [0.2, 0.25) is 0 Å². The number of hydrogen-bond acceptors (Lipinski definition) is 3. The average molecular weight is 235 g/mol. The van der Waals surface area contributed by atoms with Crippen LogP contribution in [0.3, 0.4) is 0 Å². The van der Waals surface area contributed by atoms with Crippen LogP contribution in [0, 0.1) is 18.6 Å². The molecule has 0 aliphatic heterocycles. The van der Waals surface area contributed by atoms with Gasteiger partial charge in [-0.1, -0.05) is 0 Å². The smallest absolute Gasteiger partial charge is 0.199 e. The van der Waals surface area contributed by atoms with Gasteiger partial charge in [0.05, 0.1) is 12.8 Å². The number of methoxy groups -OCH3 is 1. The van der Waals surface area contributed by atoms with E-state index in [0.29, 0.717) is 4.77 Å². The second-order valence-electron chi connectivity index (χ2n) is 3.56. The molecule has 2 aromatic rings. The molecule has 1 aromatic carbocycles. The van der Waals surface area contributed by atoms with Crippen LogP contribution in [0.25, 0.3) is 5.69 Å². The van der Waals surface area contributed by atoms with E-state index in [-0.39, 0.29) is 0 Å². The van der Waals surface area contributed by atoms with Crippen molar-refractivity contribution in [2.45, 2.75) is 13.8 Å². The summed E-state index contributed by atoms with van der Waals surface area (Å²) in [7, 11) is 1.66. The Labute approximate surface area is 98.9 Å². The zero-order chi connectivity index (χ0) is 11.7. The van der Waals surface area contributed by atoms with Gasteiger partial charge >= 0.3 is 0 Å². The summed E-state index contributed by atoms with van der Waals surface area (Å²) in [6, 6.07) is 5.87. The first kappa shape index (κ1) is 10.9. The highest BCUT2D eigenvalue weighted by molar-refractivity contribution is 7.71. The van der Waals surface area contributed by atoms with Crippen molar-refractivity contribution in [3.8, 4) is 11.4 Å². The van der Waals surface area contributed by atoms with Crippen molar-refractivity contribution >= 4 is 12.2 Å². The van der Waals surface area contributed by atoms with Crippen LogP contribution in [-0.4, -0.2) is 21.9 Å². The normalized spacial score (nSPS) is 10.4. The topological polar surface area (TPSA) is 42.8 Å². The average Bonchev–Trinajstić information content (AvgIpc) is 2.59. The summed E-state index contributed by atoms with van der Waals surface area (Å²) in [5.74, 6) is 1.69. The number of aromatic amines is 1. The first-order valence-electron chi connectivity index (χ1n) is 4.92. The Bertz CT molecular complexity index is 571.